The van der Waals surface area contributed by atoms with Gasteiger partial charge in [-0.15, -0.1) is 0 Å². The number of nitrogens with zero attached hydrogens (tertiary/aromatic N) is 2. The van der Waals surface area contributed by atoms with E-state index in [-0.39, 0.29) is 18.0 Å². The molecule has 2 unspecified atom stereocenters. The fourth-order valence-corrected chi connectivity index (χ4v) is 7.19. The molecular formula is C47H54B2N2O10. The highest BCUT2D eigenvalue weighted by molar-refractivity contribution is 6.62. The first-order chi connectivity index (χ1) is 29.8. The van der Waals surface area contributed by atoms with Crippen LogP contribution in [0.15, 0.2) is 84.9 Å². The second-order valence-corrected chi connectivity index (χ2v) is 16.2. The molecule has 8 rings (SSSR count). The Kier molecular flexibility index (Phi) is 16.3. The van der Waals surface area contributed by atoms with Crippen LogP contribution in [0, 0.1) is 18.6 Å². The lowest BCUT2D eigenvalue weighted by molar-refractivity contribution is -0.169. The molecule has 4 aromatic carbocycles. The van der Waals surface area contributed by atoms with Gasteiger partial charge in [0.1, 0.15) is 23.0 Å². The molecule has 4 heterocycles. The highest BCUT2D eigenvalue weighted by atomic mass is 16.7. The zero-order chi connectivity index (χ0) is 42.3. The second-order valence-electron chi connectivity index (χ2n) is 16.2. The maximum Gasteiger partial charge on any atom is 0.494 e. The van der Waals surface area contributed by atoms with Crippen molar-refractivity contribution in [2.45, 2.75) is 91.0 Å². The minimum Gasteiger partial charge on any atom is -0.457 e. The SMILES string of the molecule is [C-]#[N+]c1ccc(Oc2ccc(B3OCC(C)(C)CO3)c(COC3CCCCO3)c2)cc1.[C-]#[N+]c1ccc(Oc2ccc(B3OCCCCO3)c(COC3CCCCO3)c2)cc1. The van der Waals surface area contributed by atoms with Gasteiger partial charge in [0.05, 0.1) is 26.4 Å². The van der Waals surface area contributed by atoms with Gasteiger partial charge in [0.15, 0.2) is 24.0 Å². The first kappa shape index (κ1) is 44.3. The molecule has 4 aromatic rings. The largest absolute Gasteiger partial charge is 0.494 e. The van der Waals surface area contributed by atoms with E-state index >= 15 is 0 Å². The molecule has 0 saturated carbocycles. The Morgan fingerprint density at radius 2 is 0.951 bits per heavy atom. The number of benzene rings is 4. The van der Waals surface area contributed by atoms with Gasteiger partial charge < -0.3 is 47.0 Å². The molecule has 0 spiro atoms. The Labute approximate surface area is 360 Å². The molecule has 2 atom stereocenters. The molecular weight excluding hydrogens is 774 g/mol. The van der Waals surface area contributed by atoms with E-state index in [0.29, 0.717) is 74.0 Å². The lowest BCUT2D eigenvalue weighted by Crippen LogP contribution is -2.48. The molecule has 12 nitrogen and oxygen atoms in total. The summed E-state index contributed by atoms with van der Waals surface area (Å²) in [6.07, 6.45) is 7.87. The average molecular weight is 829 g/mol. The number of ether oxygens (including phenoxy) is 6. The third kappa shape index (κ3) is 13.4. The van der Waals surface area contributed by atoms with Crippen LogP contribution in [0.5, 0.6) is 23.0 Å². The maximum absolute atomic E-state index is 7.08. The summed E-state index contributed by atoms with van der Waals surface area (Å²) >= 11 is 0. The highest BCUT2D eigenvalue weighted by Gasteiger charge is 2.35. The number of rotatable bonds is 12. The van der Waals surface area contributed by atoms with Crippen molar-refractivity contribution in [2.24, 2.45) is 5.41 Å². The first-order valence-corrected chi connectivity index (χ1v) is 21.3. The second kappa shape index (κ2) is 22.4. The monoisotopic (exact) mass is 828 g/mol. The molecule has 61 heavy (non-hydrogen) atoms. The van der Waals surface area contributed by atoms with E-state index in [1.54, 1.807) is 48.5 Å². The van der Waals surface area contributed by atoms with E-state index in [0.717, 1.165) is 86.6 Å². The minimum absolute atomic E-state index is 0.00362. The van der Waals surface area contributed by atoms with Gasteiger partial charge in [0.2, 0.25) is 0 Å². The van der Waals surface area contributed by atoms with Gasteiger partial charge in [-0.05, 0) is 122 Å². The Morgan fingerprint density at radius 1 is 0.541 bits per heavy atom. The van der Waals surface area contributed by atoms with Crippen LogP contribution in [0.1, 0.15) is 76.3 Å². The van der Waals surface area contributed by atoms with Crippen LogP contribution in [-0.2, 0) is 50.8 Å². The summed E-state index contributed by atoms with van der Waals surface area (Å²) in [6.45, 7) is 23.3. The first-order valence-electron chi connectivity index (χ1n) is 21.3. The quantitative estimate of drug-likeness (QED) is 0.101. The van der Waals surface area contributed by atoms with E-state index < -0.39 is 14.2 Å². The Hall–Kier alpha value is -4.73. The van der Waals surface area contributed by atoms with Crippen LogP contribution in [0.25, 0.3) is 9.69 Å². The molecule has 4 aliphatic rings. The Bertz CT molecular complexity index is 2060. The molecule has 0 radical (unpaired) electrons. The fraction of sp³-hybridized carbons (Fsp3) is 0.447. The molecule has 4 fully saturated rings. The summed E-state index contributed by atoms with van der Waals surface area (Å²) in [7, 11) is -0.823. The highest BCUT2D eigenvalue weighted by Crippen LogP contribution is 2.29. The fourth-order valence-electron chi connectivity index (χ4n) is 7.19. The Morgan fingerprint density at radius 3 is 1.36 bits per heavy atom. The van der Waals surface area contributed by atoms with E-state index in [9.17, 15) is 0 Å². The molecule has 318 valence electrons. The smallest absolute Gasteiger partial charge is 0.457 e. The van der Waals surface area contributed by atoms with Crippen molar-refractivity contribution in [2.75, 3.05) is 39.6 Å². The maximum atomic E-state index is 7.08. The molecule has 0 bridgehead atoms. The summed E-state index contributed by atoms with van der Waals surface area (Å²) in [4.78, 5) is 6.82. The van der Waals surface area contributed by atoms with Gasteiger partial charge in [0.25, 0.3) is 0 Å². The molecule has 0 amide bonds. The number of hydrogen-bond acceptors (Lipinski definition) is 10. The van der Waals surface area contributed by atoms with Crippen molar-refractivity contribution in [3.63, 3.8) is 0 Å². The van der Waals surface area contributed by atoms with E-state index in [2.05, 4.69) is 23.5 Å². The zero-order valence-electron chi connectivity index (χ0n) is 35.2. The summed E-state index contributed by atoms with van der Waals surface area (Å²) < 4.78 is 59.4. The predicted molar refractivity (Wildman–Crippen MR) is 233 cm³/mol. The van der Waals surface area contributed by atoms with E-state index in [4.69, 9.17) is 60.2 Å². The van der Waals surface area contributed by atoms with Crippen molar-refractivity contribution >= 4 is 36.5 Å². The van der Waals surface area contributed by atoms with Crippen LogP contribution < -0.4 is 20.4 Å². The lowest BCUT2D eigenvalue weighted by Gasteiger charge is -2.33. The third-order valence-corrected chi connectivity index (χ3v) is 10.6. The zero-order valence-corrected chi connectivity index (χ0v) is 35.2. The topological polar surface area (TPSA) is 101 Å². The number of hydrogen-bond donors (Lipinski definition) is 0. The van der Waals surface area contributed by atoms with Crippen LogP contribution in [0.2, 0.25) is 0 Å². The van der Waals surface area contributed by atoms with E-state index in [1.165, 1.54) is 0 Å². The molecule has 0 aliphatic carbocycles. The van der Waals surface area contributed by atoms with Gasteiger partial charge in [-0.1, -0.05) is 50.2 Å². The normalized spacial score (nSPS) is 20.3. The molecule has 4 aliphatic heterocycles. The van der Waals surface area contributed by atoms with Gasteiger partial charge >= 0.3 is 14.2 Å². The Balaban J connectivity index is 0.000000184. The van der Waals surface area contributed by atoms with Crippen LogP contribution in [-0.4, -0.2) is 66.5 Å². The van der Waals surface area contributed by atoms with Crippen molar-refractivity contribution < 1.29 is 47.0 Å². The van der Waals surface area contributed by atoms with Crippen molar-refractivity contribution in [1.82, 2.24) is 0 Å². The van der Waals surface area contributed by atoms with Crippen LogP contribution in [0.3, 0.4) is 0 Å². The van der Waals surface area contributed by atoms with E-state index in [1.807, 2.05) is 36.4 Å². The van der Waals surface area contributed by atoms with Gasteiger partial charge in [-0.2, -0.15) is 0 Å². The summed E-state index contributed by atoms with van der Waals surface area (Å²) in [5.74, 6) is 2.75. The van der Waals surface area contributed by atoms with Crippen molar-refractivity contribution in [3.8, 4) is 23.0 Å². The minimum atomic E-state index is -0.425. The summed E-state index contributed by atoms with van der Waals surface area (Å²) in [5, 5.41) is 0. The predicted octanol–water partition coefficient (Wildman–Crippen LogP) is 9.44. The average Bonchev–Trinajstić information content (AvgIpc) is 3.59. The summed E-state index contributed by atoms with van der Waals surface area (Å²) in [5.41, 5.74) is 5.00. The molecule has 0 N–H and O–H groups in total. The standard InChI is InChI=1S/C24H28BNO5.C23H26BNO5/c1-24(2)16-29-25(30-17-24)22-12-11-21(31-20-9-7-19(26-3)8-10-20)14-18(22)15-28-23-6-4-5-13-27-23;1-25-19-7-9-20(10-8-19)30-21-11-12-22(24-28-14-4-5-15-29-24)18(16-21)17-27-23-6-2-3-13-26-23/h7-12,14,23H,4-6,13,15-17H2,1-2H3;7-12,16,23H,2-6,13-15,17H2. The summed E-state index contributed by atoms with van der Waals surface area (Å²) in [6, 6.07) is 25.9. The van der Waals surface area contributed by atoms with Crippen LogP contribution in [0.4, 0.5) is 11.4 Å². The van der Waals surface area contributed by atoms with Gasteiger partial charge in [-0.3, -0.25) is 0 Å². The van der Waals surface area contributed by atoms with Crippen molar-refractivity contribution in [1.29, 1.82) is 0 Å². The van der Waals surface area contributed by atoms with Crippen LogP contribution >= 0.6 is 0 Å². The van der Waals surface area contributed by atoms with Gasteiger partial charge in [-0.25, -0.2) is 9.69 Å². The van der Waals surface area contributed by atoms with Gasteiger partial charge in [0, 0.05) is 45.1 Å². The molecule has 14 heteroatoms. The lowest BCUT2D eigenvalue weighted by atomic mass is 9.73. The third-order valence-electron chi connectivity index (χ3n) is 10.6. The van der Waals surface area contributed by atoms with Crippen molar-refractivity contribution in [3.05, 3.63) is 119 Å². The molecule has 4 saturated heterocycles. The molecule has 0 aromatic heterocycles.